The van der Waals surface area contributed by atoms with Gasteiger partial charge in [0.2, 0.25) is 11.8 Å². The van der Waals surface area contributed by atoms with E-state index in [1.807, 2.05) is 24.3 Å². The molecule has 0 fully saturated rings. The van der Waals surface area contributed by atoms with Crippen LogP contribution in [0.1, 0.15) is 11.1 Å². The molecule has 118 valence electrons. The van der Waals surface area contributed by atoms with E-state index in [2.05, 4.69) is 36.5 Å². The van der Waals surface area contributed by atoms with Gasteiger partial charge in [0.05, 0.1) is 17.1 Å². The number of rotatable bonds is 4. The number of thioether (sulfide) groups is 1. The molecular formula is C18H18N2O2S. The summed E-state index contributed by atoms with van der Waals surface area (Å²) >= 11 is 1.57. The first-order valence-electron chi connectivity index (χ1n) is 7.46. The summed E-state index contributed by atoms with van der Waals surface area (Å²) in [6.07, 6.45) is 0. The zero-order chi connectivity index (χ0) is 16.2. The molecule has 1 aliphatic rings. The summed E-state index contributed by atoms with van der Waals surface area (Å²) in [7, 11) is 0. The maximum absolute atomic E-state index is 12.5. The van der Waals surface area contributed by atoms with E-state index >= 15 is 0 Å². The summed E-state index contributed by atoms with van der Waals surface area (Å²) in [5.74, 6) is 0.952. The highest BCUT2D eigenvalue weighted by molar-refractivity contribution is 7.99. The predicted octanol–water partition coefficient (Wildman–Crippen LogP) is 3.21. The van der Waals surface area contributed by atoms with Crippen molar-refractivity contribution in [3.63, 3.8) is 0 Å². The second-order valence-electron chi connectivity index (χ2n) is 5.52. The lowest BCUT2D eigenvalue weighted by Gasteiger charge is -2.29. The molecule has 2 aromatic carbocycles. The lowest BCUT2D eigenvalue weighted by molar-refractivity contribution is -0.120. The number of anilines is 2. The molecule has 0 radical (unpaired) electrons. The van der Waals surface area contributed by atoms with Crippen molar-refractivity contribution in [2.24, 2.45) is 0 Å². The number of carbonyl (C=O) groups excluding carboxylic acids is 2. The number of carbonyl (C=O) groups is 2. The number of nitrogens with zero attached hydrogens (tertiary/aromatic N) is 1. The van der Waals surface area contributed by atoms with E-state index in [0.29, 0.717) is 11.4 Å². The highest BCUT2D eigenvalue weighted by Gasteiger charge is 2.26. The van der Waals surface area contributed by atoms with E-state index in [4.69, 9.17) is 0 Å². The first-order chi connectivity index (χ1) is 11.1. The number of fused-ring (bicyclic) bond motifs is 1. The van der Waals surface area contributed by atoms with Gasteiger partial charge in [-0.15, -0.1) is 11.8 Å². The second kappa shape index (κ2) is 6.87. The summed E-state index contributed by atoms with van der Waals surface area (Å²) < 4.78 is 0. The number of aryl methyl sites for hydroxylation is 1. The average molecular weight is 326 g/mol. The molecule has 3 rings (SSSR count). The van der Waals surface area contributed by atoms with Gasteiger partial charge >= 0.3 is 0 Å². The van der Waals surface area contributed by atoms with Crippen molar-refractivity contribution in [3.05, 3.63) is 59.7 Å². The quantitative estimate of drug-likeness (QED) is 0.938. The number of nitrogens with one attached hydrogen (secondary N) is 1. The van der Waals surface area contributed by atoms with Crippen LogP contribution in [-0.2, 0) is 15.3 Å². The van der Waals surface area contributed by atoms with Crippen LogP contribution in [0.5, 0.6) is 0 Å². The topological polar surface area (TPSA) is 49.4 Å². The van der Waals surface area contributed by atoms with E-state index in [9.17, 15) is 9.59 Å². The van der Waals surface area contributed by atoms with E-state index in [1.54, 1.807) is 16.7 Å². The van der Waals surface area contributed by atoms with Gasteiger partial charge in [-0.1, -0.05) is 42.0 Å². The Hall–Kier alpha value is -2.27. The van der Waals surface area contributed by atoms with Crippen molar-refractivity contribution in [1.29, 1.82) is 0 Å². The number of benzene rings is 2. The first-order valence-corrected chi connectivity index (χ1v) is 8.61. The monoisotopic (exact) mass is 326 g/mol. The van der Waals surface area contributed by atoms with Gasteiger partial charge in [0, 0.05) is 5.75 Å². The maximum Gasteiger partial charge on any atom is 0.244 e. The predicted molar refractivity (Wildman–Crippen MR) is 94.8 cm³/mol. The van der Waals surface area contributed by atoms with Crippen LogP contribution in [-0.4, -0.2) is 24.1 Å². The van der Waals surface area contributed by atoms with Crippen molar-refractivity contribution >= 4 is 35.0 Å². The van der Waals surface area contributed by atoms with Crippen molar-refractivity contribution in [1.82, 2.24) is 0 Å². The Balaban J connectivity index is 1.62. The smallest absolute Gasteiger partial charge is 0.244 e. The van der Waals surface area contributed by atoms with Crippen molar-refractivity contribution in [3.8, 4) is 0 Å². The van der Waals surface area contributed by atoms with Gasteiger partial charge < -0.3 is 10.2 Å². The molecule has 0 saturated carbocycles. The van der Waals surface area contributed by atoms with Crippen LogP contribution in [0.4, 0.5) is 11.4 Å². The third kappa shape index (κ3) is 3.74. The Morgan fingerprint density at radius 1 is 1.17 bits per heavy atom. The average Bonchev–Trinajstić information content (AvgIpc) is 2.55. The molecule has 1 heterocycles. The van der Waals surface area contributed by atoms with E-state index < -0.39 is 0 Å². The normalized spacial score (nSPS) is 13.4. The Bertz CT molecular complexity index is 728. The molecule has 2 aromatic rings. The van der Waals surface area contributed by atoms with Crippen LogP contribution in [0, 0.1) is 6.92 Å². The van der Waals surface area contributed by atoms with Crippen LogP contribution >= 0.6 is 11.8 Å². The van der Waals surface area contributed by atoms with Crippen molar-refractivity contribution in [2.75, 3.05) is 22.5 Å². The fourth-order valence-electron chi connectivity index (χ4n) is 2.47. The van der Waals surface area contributed by atoms with Gasteiger partial charge in [-0.3, -0.25) is 9.59 Å². The maximum atomic E-state index is 12.5. The third-order valence-electron chi connectivity index (χ3n) is 3.69. The summed E-state index contributed by atoms with van der Waals surface area (Å²) in [5.41, 5.74) is 3.89. The molecule has 0 bridgehead atoms. The zero-order valence-electron chi connectivity index (χ0n) is 12.9. The summed E-state index contributed by atoms with van der Waals surface area (Å²) in [4.78, 5) is 25.8. The van der Waals surface area contributed by atoms with Crippen molar-refractivity contribution in [2.45, 2.75) is 12.7 Å². The SMILES string of the molecule is Cc1ccc(CSCC(=O)N2CC(=O)Nc3ccccc32)cc1. The molecule has 0 unspecified atom stereocenters. The Morgan fingerprint density at radius 3 is 2.70 bits per heavy atom. The van der Waals surface area contributed by atoms with Crippen molar-refractivity contribution < 1.29 is 9.59 Å². The van der Waals surface area contributed by atoms with Crippen LogP contribution in [0.2, 0.25) is 0 Å². The summed E-state index contributed by atoms with van der Waals surface area (Å²) in [6.45, 7) is 2.14. The number of amides is 2. The van der Waals surface area contributed by atoms with Gasteiger partial charge in [-0.05, 0) is 24.6 Å². The first kappa shape index (κ1) is 15.6. The van der Waals surface area contributed by atoms with E-state index in [1.165, 1.54) is 11.1 Å². The molecule has 4 nitrogen and oxygen atoms in total. The third-order valence-corrected chi connectivity index (χ3v) is 4.68. The molecule has 23 heavy (non-hydrogen) atoms. The van der Waals surface area contributed by atoms with Gasteiger partial charge in [0.25, 0.3) is 0 Å². The Kier molecular flexibility index (Phi) is 4.67. The molecule has 2 amide bonds. The molecule has 1 N–H and O–H groups in total. The van der Waals surface area contributed by atoms with Gasteiger partial charge in [0.15, 0.2) is 0 Å². The fraction of sp³-hybridized carbons (Fsp3) is 0.222. The fourth-order valence-corrected chi connectivity index (χ4v) is 3.33. The van der Waals surface area contributed by atoms with Crippen LogP contribution < -0.4 is 10.2 Å². The second-order valence-corrected chi connectivity index (χ2v) is 6.51. The number of hydrogen-bond donors (Lipinski definition) is 1. The molecule has 5 heteroatoms. The minimum Gasteiger partial charge on any atom is -0.323 e. The summed E-state index contributed by atoms with van der Waals surface area (Å²) in [6, 6.07) is 15.7. The zero-order valence-corrected chi connectivity index (χ0v) is 13.7. The molecule has 0 aromatic heterocycles. The number of para-hydroxylation sites is 2. The Labute approximate surface area is 139 Å². The molecule has 0 atom stereocenters. The van der Waals surface area contributed by atoms with Crippen LogP contribution in [0.3, 0.4) is 0 Å². The molecule has 0 aliphatic carbocycles. The largest absolute Gasteiger partial charge is 0.323 e. The lowest BCUT2D eigenvalue weighted by Crippen LogP contribution is -2.43. The van der Waals surface area contributed by atoms with Crippen LogP contribution in [0.15, 0.2) is 48.5 Å². The molecule has 0 saturated heterocycles. The molecule has 1 aliphatic heterocycles. The minimum absolute atomic E-state index is 0.0376. The summed E-state index contributed by atoms with van der Waals surface area (Å²) in [5, 5.41) is 2.79. The Morgan fingerprint density at radius 2 is 1.91 bits per heavy atom. The van der Waals surface area contributed by atoms with E-state index in [0.717, 1.165) is 11.4 Å². The van der Waals surface area contributed by atoms with E-state index in [-0.39, 0.29) is 18.4 Å². The van der Waals surface area contributed by atoms with Gasteiger partial charge in [0.1, 0.15) is 6.54 Å². The molecule has 0 spiro atoms. The highest BCUT2D eigenvalue weighted by atomic mass is 32.2. The minimum atomic E-state index is -0.152. The van der Waals surface area contributed by atoms with Gasteiger partial charge in [-0.25, -0.2) is 0 Å². The molecular weight excluding hydrogens is 308 g/mol. The number of hydrogen-bond acceptors (Lipinski definition) is 3. The van der Waals surface area contributed by atoms with Crippen LogP contribution in [0.25, 0.3) is 0 Å². The highest BCUT2D eigenvalue weighted by Crippen LogP contribution is 2.29. The lowest BCUT2D eigenvalue weighted by atomic mass is 10.2. The standard InChI is InChI=1S/C18H18N2O2S/c1-13-6-8-14(9-7-13)11-23-12-18(22)20-10-17(21)19-15-4-2-3-5-16(15)20/h2-9H,10-12H2,1H3,(H,19,21). The van der Waals surface area contributed by atoms with Gasteiger partial charge in [-0.2, -0.15) is 0 Å².